The van der Waals surface area contributed by atoms with E-state index in [2.05, 4.69) is 22.1 Å². The topological polar surface area (TPSA) is 21.1 Å². The fourth-order valence-electron chi connectivity index (χ4n) is 2.15. The van der Waals surface area contributed by atoms with Crippen LogP contribution >= 0.6 is 0 Å². The largest absolute Gasteiger partial charge is 0.378 e. The zero-order chi connectivity index (χ0) is 14.8. The van der Waals surface area contributed by atoms with E-state index in [1.165, 1.54) is 12.1 Å². The smallest absolute Gasteiger partial charge is 0.123 e. The van der Waals surface area contributed by atoms with E-state index in [1.807, 2.05) is 43.2 Å². The monoisotopic (exact) mass is 281 g/mol. The Morgan fingerprint density at radius 3 is 2.19 bits per heavy atom. The standard InChI is InChI=1S/C17H16FN3/c1-20(2)15-7-9-16(10-8-15)21-12-11-17(19-21)13-3-5-14(18)6-4-13/h3-12H,1-2H3. The van der Waals surface area contributed by atoms with E-state index in [4.69, 9.17) is 0 Å². The lowest BCUT2D eigenvalue weighted by atomic mass is 10.1. The summed E-state index contributed by atoms with van der Waals surface area (Å²) in [6, 6.07) is 16.4. The van der Waals surface area contributed by atoms with Gasteiger partial charge in [-0.3, -0.25) is 0 Å². The number of halogens is 1. The van der Waals surface area contributed by atoms with Gasteiger partial charge in [0.25, 0.3) is 0 Å². The quantitative estimate of drug-likeness (QED) is 0.729. The van der Waals surface area contributed by atoms with Crippen LogP contribution in [0.2, 0.25) is 0 Å². The summed E-state index contributed by atoms with van der Waals surface area (Å²) in [5.41, 5.74) is 3.87. The van der Waals surface area contributed by atoms with E-state index in [0.717, 1.165) is 22.6 Å². The predicted molar refractivity (Wildman–Crippen MR) is 83.3 cm³/mol. The highest BCUT2D eigenvalue weighted by atomic mass is 19.1. The maximum Gasteiger partial charge on any atom is 0.123 e. The molecule has 0 amide bonds. The second kappa shape index (κ2) is 5.40. The molecule has 0 radical (unpaired) electrons. The van der Waals surface area contributed by atoms with Gasteiger partial charge in [-0.05, 0) is 54.6 Å². The molecule has 3 rings (SSSR count). The molecule has 1 aromatic heterocycles. The van der Waals surface area contributed by atoms with Gasteiger partial charge in [-0.25, -0.2) is 9.07 Å². The van der Waals surface area contributed by atoms with Gasteiger partial charge in [0.2, 0.25) is 0 Å². The van der Waals surface area contributed by atoms with Crippen molar-refractivity contribution in [1.82, 2.24) is 9.78 Å². The molecule has 3 nitrogen and oxygen atoms in total. The molecule has 0 bridgehead atoms. The van der Waals surface area contributed by atoms with E-state index in [0.29, 0.717) is 0 Å². The zero-order valence-electron chi connectivity index (χ0n) is 12.0. The third-order valence-electron chi connectivity index (χ3n) is 3.36. The lowest BCUT2D eigenvalue weighted by Crippen LogP contribution is -2.08. The van der Waals surface area contributed by atoms with Gasteiger partial charge in [-0.15, -0.1) is 0 Å². The molecule has 0 N–H and O–H groups in total. The molecule has 3 aromatic rings. The molecule has 0 aliphatic rings. The van der Waals surface area contributed by atoms with Crippen molar-refractivity contribution in [2.24, 2.45) is 0 Å². The van der Waals surface area contributed by atoms with E-state index >= 15 is 0 Å². The van der Waals surface area contributed by atoms with Crippen molar-refractivity contribution in [3.05, 3.63) is 66.6 Å². The Balaban J connectivity index is 1.89. The molecule has 4 heteroatoms. The van der Waals surface area contributed by atoms with Crippen LogP contribution in [0.25, 0.3) is 16.9 Å². The summed E-state index contributed by atoms with van der Waals surface area (Å²) in [4.78, 5) is 2.05. The van der Waals surface area contributed by atoms with Gasteiger partial charge in [0.05, 0.1) is 11.4 Å². The molecule has 0 fully saturated rings. The second-order valence-corrected chi connectivity index (χ2v) is 5.06. The van der Waals surface area contributed by atoms with Crippen LogP contribution in [0.15, 0.2) is 60.8 Å². The lowest BCUT2D eigenvalue weighted by molar-refractivity contribution is 0.628. The molecule has 21 heavy (non-hydrogen) atoms. The van der Waals surface area contributed by atoms with E-state index in [9.17, 15) is 4.39 Å². The molecule has 0 aliphatic carbocycles. The number of aromatic nitrogens is 2. The van der Waals surface area contributed by atoms with E-state index < -0.39 is 0 Å². The summed E-state index contributed by atoms with van der Waals surface area (Å²) in [5, 5.41) is 4.54. The van der Waals surface area contributed by atoms with Crippen LogP contribution in [0.5, 0.6) is 0 Å². The van der Waals surface area contributed by atoms with Crippen molar-refractivity contribution in [2.75, 3.05) is 19.0 Å². The van der Waals surface area contributed by atoms with Gasteiger partial charge < -0.3 is 4.90 Å². The van der Waals surface area contributed by atoms with Crippen LogP contribution in [-0.2, 0) is 0 Å². The molecule has 0 atom stereocenters. The Morgan fingerprint density at radius 2 is 1.57 bits per heavy atom. The average molecular weight is 281 g/mol. The first kappa shape index (κ1) is 13.4. The minimum absolute atomic E-state index is 0.238. The van der Waals surface area contributed by atoms with Crippen molar-refractivity contribution in [3.63, 3.8) is 0 Å². The Hall–Kier alpha value is -2.62. The third kappa shape index (κ3) is 2.79. The van der Waals surface area contributed by atoms with Gasteiger partial charge in [0, 0.05) is 31.5 Å². The van der Waals surface area contributed by atoms with E-state index in [-0.39, 0.29) is 5.82 Å². The number of hydrogen-bond acceptors (Lipinski definition) is 2. The first-order chi connectivity index (χ1) is 10.1. The van der Waals surface area contributed by atoms with Gasteiger partial charge >= 0.3 is 0 Å². The highest BCUT2D eigenvalue weighted by Crippen LogP contribution is 2.20. The number of anilines is 1. The first-order valence-corrected chi connectivity index (χ1v) is 6.73. The SMILES string of the molecule is CN(C)c1ccc(-n2ccc(-c3ccc(F)cc3)n2)cc1. The summed E-state index contributed by atoms with van der Waals surface area (Å²) in [6.07, 6.45) is 1.91. The highest BCUT2D eigenvalue weighted by Gasteiger charge is 2.04. The molecule has 0 spiro atoms. The van der Waals surface area contributed by atoms with Crippen molar-refractivity contribution < 1.29 is 4.39 Å². The van der Waals surface area contributed by atoms with Crippen molar-refractivity contribution >= 4 is 5.69 Å². The van der Waals surface area contributed by atoms with Crippen molar-refractivity contribution in [3.8, 4) is 16.9 Å². The number of rotatable bonds is 3. The van der Waals surface area contributed by atoms with Gasteiger partial charge in [-0.1, -0.05) is 0 Å². The van der Waals surface area contributed by atoms with Gasteiger partial charge in [0.15, 0.2) is 0 Å². The molecule has 106 valence electrons. The molecule has 0 saturated carbocycles. The number of nitrogens with zero attached hydrogens (tertiary/aromatic N) is 3. The summed E-state index contributed by atoms with van der Waals surface area (Å²) < 4.78 is 14.8. The summed E-state index contributed by atoms with van der Waals surface area (Å²) in [5.74, 6) is -0.238. The minimum atomic E-state index is -0.238. The fraction of sp³-hybridized carbons (Fsp3) is 0.118. The van der Waals surface area contributed by atoms with Crippen molar-refractivity contribution in [1.29, 1.82) is 0 Å². The van der Waals surface area contributed by atoms with Gasteiger partial charge in [0.1, 0.15) is 5.82 Å². The zero-order valence-corrected chi connectivity index (χ0v) is 12.0. The maximum absolute atomic E-state index is 12.9. The minimum Gasteiger partial charge on any atom is -0.378 e. The molecule has 2 aromatic carbocycles. The Kier molecular flexibility index (Phi) is 3.44. The molecule has 0 aliphatic heterocycles. The normalized spacial score (nSPS) is 10.6. The summed E-state index contributed by atoms with van der Waals surface area (Å²) in [7, 11) is 4.02. The predicted octanol–water partition coefficient (Wildman–Crippen LogP) is 3.74. The molecule has 1 heterocycles. The van der Waals surface area contributed by atoms with E-state index in [1.54, 1.807) is 12.1 Å². The number of hydrogen-bond donors (Lipinski definition) is 0. The van der Waals surface area contributed by atoms with Crippen LogP contribution in [0.1, 0.15) is 0 Å². The average Bonchev–Trinajstić information content (AvgIpc) is 2.98. The van der Waals surface area contributed by atoms with Crippen LogP contribution < -0.4 is 4.90 Å². The molecule has 0 saturated heterocycles. The van der Waals surface area contributed by atoms with Crippen LogP contribution in [-0.4, -0.2) is 23.9 Å². The summed E-state index contributed by atoms with van der Waals surface area (Å²) in [6.45, 7) is 0. The fourth-order valence-corrected chi connectivity index (χ4v) is 2.15. The van der Waals surface area contributed by atoms with Crippen molar-refractivity contribution in [2.45, 2.75) is 0 Å². The molecule has 0 unspecified atom stereocenters. The van der Waals surface area contributed by atoms with Crippen LogP contribution in [0.4, 0.5) is 10.1 Å². The second-order valence-electron chi connectivity index (χ2n) is 5.06. The number of benzene rings is 2. The Morgan fingerprint density at radius 1 is 0.905 bits per heavy atom. The molecular formula is C17H16FN3. The highest BCUT2D eigenvalue weighted by molar-refractivity contribution is 5.59. The Labute approximate surface area is 123 Å². The lowest BCUT2D eigenvalue weighted by Gasteiger charge is -2.12. The molecular weight excluding hydrogens is 265 g/mol. The van der Waals surface area contributed by atoms with Crippen LogP contribution in [0.3, 0.4) is 0 Å². The first-order valence-electron chi connectivity index (χ1n) is 6.73. The third-order valence-corrected chi connectivity index (χ3v) is 3.36. The Bertz CT molecular complexity index is 727. The summed E-state index contributed by atoms with van der Waals surface area (Å²) >= 11 is 0. The maximum atomic E-state index is 12.9. The van der Waals surface area contributed by atoms with Crippen LogP contribution in [0, 0.1) is 5.82 Å². The van der Waals surface area contributed by atoms with Gasteiger partial charge in [-0.2, -0.15) is 5.10 Å².